The summed E-state index contributed by atoms with van der Waals surface area (Å²) in [7, 11) is 0. The summed E-state index contributed by atoms with van der Waals surface area (Å²) in [6, 6.07) is 5.88. The summed E-state index contributed by atoms with van der Waals surface area (Å²) in [5.41, 5.74) is 0.945. The van der Waals surface area contributed by atoms with E-state index >= 15 is 0 Å². The number of para-hydroxylation sites is 1. The monoisotopic (exact) mass is 317 g/mol. The van der Waals surface area contributed by atoms with Gasteiger partial charge in [0.05, 0.1) is 0 Å². The lowest BCUT2D eigenvalue weighted by molar-refractivity contribution is -0.123. The molecule has 1 N–H and O–H groups in total. The number of ether oxygens (including phenoxy) is 2. The summed E-state index contributed by atoms with van der Waals surface area (Å²) >= 11 is 0. The van der Waals surface area contributed by atoms with Crippen molar-refractivity contribution in [3.05, 3.63) is 23.8 Å². The average molecular weight is 317 g/mol. The molecule has 0 radical (unpaired) electrons. The minimum atomic E-state index is -0.203. The number of amides is 1. The van der Waals surface area contributed by atoms with Crippen molar-refractivity contribution >= 4 is 5.91 Å². The van der Waals surface area contributed by atoms with E-state index in [2.05, 4.69) is 25.2 Å². The van der Waals surface area contributed by atoms with Crippen LogP contribution in [0.2, 0.25) is 0 Å². The van der Waals surface area contributed by atoms with Crippen LogP contribution in [0.3, 0.4) is 0 Å². The quantitative estimate of drug-likeness (QED) is 0.904. The molecule has 1 aliphatic carbocycles. The molecule has 2 aliphatic rings. The van der Waals surface area contributed by atoms with Crippen LogP contribution in [-0.2, 0) is 11.2 Å². The molecule has 0 unspecified atom stereocenters. The Morgan fingerprint density at radius 3 is 2.87 bits per heavy atom. The average Bonchev–Trinajstić information content (AvgIpc) is 2.86. The van der Waals surface area contributed by atoms with Gasteiger partial charge < -0.3 is 14.8 Å². The van der Waals surface area contributed by atoms with Crippen LogP contribution >= 0.6 is 0 Å². The first-order chi connectivity index (χ1) is 11.0. The van der Waals surface area contributed by atoms with Crippen LogP contribution in [0, 0.1) is 5.92 Å². The van der Waals surface area contributed by atoms with Crippen molar-refractivity contribution in [2.24, 2.45) is 5.92 Å². The topological polar surface area (TPSA) is 47.6 Å². The fourth-order valence-corrected chi connectivity index (χ4v) is 3.54. The first kappa shape index (κ1) is 16.2. The summed E-state index contributed by atoms with van der Waals surface area (Å²) in [4.78, 5) is 12.0. The zero-order valence-electron chi connectivity index (χ0n) is 14.2. The molecule has 1 aromatic rings. The Bertz CT molecular complexity index is 562. The fourth-order valence-electron chi connectivity index (χ4n) is 3.54. The molecule has 0 spiro atoms. The number of hydrogen-bond donors (Lipinski definition) is 1. The van der Waals surface area contributed by atoms with E-state index in [4.69, 9.17) is 9.47 Å². The summed E-state index contributed by atoms with van der Waals surface area (Å²) in [6.07, 6.45) is 7.25. The van der Waals surface area contributed by atoms with Crippen molar-refractivity contribution in [2.45, 2.75) is 58.0 Å². The second kappa shape index (κ2) is 6.81. The predicted molar refractivity (Wildman–Crippen MR) is 89.9 cm³/mol. The van der Waals surface area contributed by atoms with Gasteiger partial charge in [-0.05, 0) is 38.7 Å². The maximum atomic E-state index is 12.0. The molecule has 4 nitrogen and oxygen atoms in total. The number of nitrogens with one attached hydrogen (secondary N) is 1. The van der Waals surface area contributed by atoms with Crippen LogP contribution in [-0.4, -0.2) is 24.7 Å². The van der Waals surface area contributed by atoms with Gasteiger partial charge in [-0.3, -0.25) is 4.79 Å². The van der Waals surface area contributed by atoms with Crippen molar-refractivity contribution in [2.75, 3.05) is 13.2 Å². The van der Waals surface area contributed by atoms with E-state index < -0.39 is 0 Å². The predicted octanol–water partition coefficient (Wildman–Crippen LogP) is 3.48. The third-order valence-corrected chi connectivity index (χ3v) is 4.73. The molecule has 0 bridgehead atoms. The number of hydrogen-bond acceptors (Lipinski definition) is 3. The van der Waals surface area contributed by atoms with Crippen LogP contribution in [0.4, 0.5) is 0 Å². The van der Waals surface area contributed by atoms with Crippen molar-refractivity contribution in [3.63, 3.8) is 0 Å². The molecule has 1 aliphatic heterocycles. The molecule has 1 amide bonds. The first-order valence-electron chi connectivity index (χ1n) is 8.74. The van der Waals surface area contributed by atoms with Gasteiger partial charge in [0.15, 0.2) is 18.1 Å². The fraction of sp³-hybridized carbons (Fsp3) is 0.632. The van der Waals surface area contributed by atoms with E-state index in [1.54, 1.807) is 0 Å². The molecular weight excluding hydrogens is 290 g/mol. The van der Waals surface area contributed by atoms with Crippen molar-refractivity contribution in [3.8, 4) is 11.5 Å². The van der Waals surface area contributed by atoms with Crippen molar-refractivity contribution in [1.29, 1.82) is 0 Å². The normalized spacial score (nSPS) is 19.7. The number of benzene rings is 1. The molecule has 3 rings (SSSR count). The van der Waals surface area contributed by atoms with Crippen LogP contribution < -0.4 is 14.8 Å². The zero-order valence-corrected chi connectivity index (χ0v) is 14.2. The summed E-state index contributed by atoms with van der Waals surface area (Å²) in [5, 5.41) is 3.00. The van der Waals surface area contributed by atoms with Gasteiger partial charge in [-0.1, -0.05) is 31.4 Å². The van der Waals surface area contributed by atoms with Crippen molar-refractivity contribution < 1.29 is 14.3 Å². The highest BCUT2D eigenvalue weighted by Crippen LogP contribution is 2.41. The highest BCUT2D eigenvalue weighted by Gasteiger charge is 2.32. The van der Waals surface area contributed by atoms with Crippen LogP contribution in [0.5, 0.6) is 11.5 Å². The Kier molecular flexibility index (Phi) is 4.79. The van der Waals surface area contributed by atoms with E-state index in [1.807, 2.05) is 12.1 Å². The Hall–Kier alpha value is -1.71. The molecular formula is C19H27NO3. The minimum Gasteiger partial charge on any atom is -0.483 e. The largest absolute Gasteiger partial charge is 0.483 e. The van der Waals surface area contributed by atoms with Gasteiger partial charge >= 0.3 is 0 Å². The van der Waals surface area contributed by atoms with Gasteiger partial charge in [0.25, 0.3) is 5.91 Å². The lowest BCUT2D eigenvalue weighted by atomic mass is 9.89. The highest BCUT2D eigenvalue weighted by atomic mass is 16.5. The molecule has 1 aromatic carbocycles. The van der Waals surface area contributed by atoms with Gasteiger partial charge in [-0.2, -0.15) is 0 Å². The van der Waals surface area contributed by atoms with E-state index in [0.29, 0.717) is 11.7 Å². The molecule has 0 aromatic heterocycles. The molecule has 23 heavy (non-hydrogen) atoms. The number of carbonyl (C=O) groups excluding carboxylic acids is 1. The second-order valence-corrected chi connectivity index (χ2v) is 7.38. The van der Waals surface area contributed by atoms with Crippen LogP contribution in [0.1, 0.15) is 51.5 Å². The third kappa shape index (κ3) is 4.18. The summed E-state index contributed by atoms with van der Waals surface area (Å²) < 4.78 is 11.7. The third-order valence-electron chi connectivity index (χ3n) is 4.73. The standard InChI is InChI=1S/C19H27NO3/c1-19(2)11-15-9-6-10-16(18(15)23-19)22-13-17(21)20-12-14-7-4-3-5-8-14/h6,9-10,14H,3-5,7-8,11-13H2,1-2H3,(H,20,21). The maximum absolute atomic E-state index is 12.0. The number of rotatable bonds is 5. The number of carbonyl (C=O) groups is 1. The first-order valence-corrected chi connectivity index (χ1v) is 8.74. The Labute approximate surface area is 138 Å². The van der Waals surface area contributed by atoms with Gasteiger partial charge in [-0.15, -0.1) is 0 Å². The van der Waals surface area contributed by atoms with Crippen molar-refractivity contribution in [1.82, 2.24) is 5.32 Å². The highest BCUT2D eigenvalue weighted by molar-refractivity contribution is 5.77. The molecule has 1 fully saturated rings. The van der Waals surface area contributed by atoms with E-state index in [9.17, 15) is 4.79 Å². The molecule has 1 heterocycles. The van der Waals surface area contributed by atoms with E-state index in [1.165, 1.54) is 32.1 Å². The van der Waals surface area contributed by atoms with E-state index in [0.717, 1.165) is 24.3 Å². The van der Waals surface area contributed by atoms with Gasteiger partial charge in [0, 0.05) is 18.5 Å². The van der Waals surface area contributed by atoms with E-state index in [-0.39, 0.29) is 18.1 Å². The smallest absolute Gasteiger partial charge is 0.257 e. The SMILES string of the molecule is CC1(C)Cc2cccc(OCC(=O)NCC3CCCCC3)c2O1. The van der Waals surface area contributed by atoms with Crippen LogP contribution in [0.15, 0.2) is 18.2 Å². The minimum absolute atomic E-state index is 0.0486. The Balaban J connectivity index is 1.49. The maximum Gasteiger partial charge on any atom is 0.257 e. The molecule has 1 saturated carbocycles. The molecule has 0 atom stereocenters. The second-order valence-electron chi connectivity index (χ2n) is 7.38. The lowest BCUT2D eigenvalue weighted by Crippen LogP contribution is -2.33. The summed E-state index contributed by atoms with van der Waals surface area (Å²) in [6.45, 7) is 4.95. The van der Waals surface area contributed by atoms with Gasteiger partial charge in [0.1, 0.15) is 5.60 Å². The number of fused-ring (bicyclic) bond motifs is 1. The Morgan fingerprint density at radius 1 is 1.30 bits per heavy atom. The molecule has 0 saturated heterocycles. The zero-order chi connectivity index (χ0) is 16.3. The van der Waals surface area contributed by atoms with Gasteiger partial charge in [0.2, 0.25) is 0 Å². The van der Waals surface area contributed by atoms with Gasteiger partial charge in [-0.25, -0.2) is 0 Å². The lowest BCUT2D eigenvalue weighted by Gasteiger charge is -2.21. The molecule has 4 heteroatoms. The molecule has 126 valence electrons. The summed E-state index contributed by atoms with van der Waals surface area (Å²) in [5.74, 6) is 2.04. The Morgan fingerprint density at radius 2 is 2.09 bits per heavy atom. The van der Waals surface area contributed by atoms with Crippen LogP contribution in [0.25, 0.3) is 0 Å².